The Hall–Kier alpha value is -5.11. The van der Waals surface area contributed by atoms with Crippen molar-refractivity contribution >= 4 is 40.6 Å². The maximum absolute atomic E-state index is 13.5. The highest BCUT2D eigenvalue weighted by Crippen LogP contribution is 2.45. The summed E-state index contributed by atoms with van der Waals surface area (Å²) in [7, 11) is 2.80. The van der Waals surface area contributed by atoms with Crippen LogP contribution in [-0.4, -0.2) is 58.5 Å². The lowest BCUT2D eigenvalue weighted by atomic mass is 9.93. The van der Waals surface area contributed by atoms with Crippen molar-refractivity contribution in [3.8, 4) is 5.75 Å². The lowest BCUT2D eigenvalue weighted by Crippen LogP contribution is -2.45. The number of aromatic amines is 1. The number of anilines is 2. The van der Waals surface area contributed by atoms with Crippen LogP contribution in [0.3, 0.4) is 0 Å². The highest BCUT2D eigenvalue weighted by molar-refractivity contribution is 6.12. The highest BCUT2D eigenvalue weighted by atomic mass is 19.4. The number of carbonyl (C=O) groups excluding carboxylic acids is 2. The molecule has 4 N–H and O–H groups in total. The molecule has 11 nitrogen and oxygen atoms in total. The maximum Gasteiger partial charge on any atom is 0.490 e. The second kappa shape index (κ2) is 10.6. The van der Waals surface area contributed by atoms with Gasteiger partial charge in [0.25, 0.3) is 5.91 Å². The van der Waals surface area contributed by atoms with E-state index >= 15 is 0 Å². The molecular formula is C26H21F3N4O7. The number of imidazole rings is 1. The lowest BCUT2D eigenvalue weighted by Gasteiger charge is -2.35. The number of carbonyl (C=O) groups is 3. The van der Waals surface area contributed by atoms with E-state index in [2.05, 4.69) is 20.0 Å². The van der Waals surface area contributed by atoms with E-state index in [1.54, 1.807) is 66.7 Å². The van der Waals surface area contributed by atoms with Crippen LogP contribution in [0.1, 0.15) is 21.5 Å². The number of aromatic nitrogens is 2. The predicted molar refractivity (Wildman–Crippen MR) is 135 cm³/mol. The molecule has 0 spiro atoms. The van der Waals surface area contributed by atoms with Crippen LogP contribution in [0.25, 0.3) is 11.0 Å². The molecule has 208 valence electrons. The average Bonchev–Trinajstić information content (AvgIpc) is 3.44. The van der Waals surface area contributed by atoms with E-state index in [1.165, 1.54) is 19.1 Å². The van der Waals surface area contributed by atoms with Gasteiger partial charge in [-0.1, -0.05) is 30.3 Å². The van der Waals surface area contributed by atoms with E-state index in [4.69, 9.17) is 14.6 Å². The molecule has 0 aliphatic carbocycles. The summed E-state index contributed by atoms with van der Waals surface area (Å²) in [5, 5.41) is 21.8. The first-order valence-corrected chi connectivity index (χ1v) is 11.4. The van der Waals surface area contributed by atoms with Crippen LogP contribution in [0.2, 0.25) is 0 Å². The number of aliphatic carboxylic acids is 1. The topological polar surface area (TPSA) is 154 Å². The van der Waals surface area contributed by atoms with Crippen LogP contribution >= 0.6 is 0 Å². The summed E-state index contributed by atoms with van der Waals surface area (Å²) in [6.45, 7) is 0. The summed E-state index contributed by atoms with van der Waals surface area (Å²) in [6.07, 6.45) is -5.74. The Bertz CT molecular complexity index is 1600. The molecule has 3 aromatic carbocycles. The number of halogens is 3. The fourth-order valence-electron chi connectivity index (χ4n) is 4.13. The highest BCUT2D eigenvalue weighted by Gasteiger charge is 2.50. The minimum Gasteiger partial charge on any atom is -0.497 e. The van der Waals surface area contributed by atoms with E-state index in [0.717, 1.165) is 0 Å². The molecule has 2 heterocycles. The summed E-state index contributed by atoms with van der Waals surface area (Å²) in [4.78, 5) is 42.5. The van der Waals surface area contributed by atoms with Crippen molar-refractivity contribution < 1.29 is 47.2 Å². The fourth-order valence-corrected chi connectivity index (χ4v) is 4.13. The molecule has 14 heteroatoms. The number of nitrogens with zero attached hydrogens (tertiary/aromatic N) is 2. The number of fused-ring (bicyclic) bond motifs is 2. The van der Waals surface area contributed by atoms with Crippen molar-refractivity contribution in [1.82, 2.24) is 9.97 Å². The fraction of sp³-hybridized carbons (Fsp3) is 0.154. The first-order chi connectivity index (χ1) is 18.9. The van der Waals surface area contributed by atoms with Crippen LogP contribution in [-0.2, 0) is 15.3 Å². The zero-order valence-corrected chi connectivity index (χ0v) is 20.8. The van der Waals surface area contributed by atoms with Crippen molar-refractivity contribution in [3.63, 3.8) is 0 Å². The number of aliphatic hydroxyl groups is 1. The monoisotopic (exact) mass is 558 g/mol. The largest absolute Gasteiger partial charge is 0.497 e. The Morgan fingerprint density at radius 1 is 1.05 bits per heavy atom. The number of amides is 2. The number of rotatable bonds is 4. The summed E-state index contributed by atoms with van der Waals surface area (Å²) in [5.74, 6) is -2.33. The Morgan fingerprint density at radius 2 is 1.75 bits per heavy atom. The molecule has 0 saturated carbocycles. The number of nitrogens with one attached hydrogen (secondary N) is 2. The van der Waals surface area contributed by atoms with Gasteiger partial charge in [-0.3, -0.25) is 15.0 Å². The van der Waals surface area contributed by atoms with Gasteiger partial charge in [0, 0.05) is 22.8 Å². The van der Waals surface area contributed by atoms with E-state index in [9.17, 15) is 27.9 Å². The predicted octanol–water partition coefficient (Wildman–Crippen LogP) is 4.24. The zero-order valence-electron chi connectivity index (χ0n) is 20.8. The first-order valence-electron chi connectivity index (χ1n) is 11.4. The van der Waals surface area contributed by atoms with Gasteiger partial charge in [0.2, 0.25) is 5.95 Å². The molecule has 0 fully saturated rings. The van der Waals surface area contributed by atoms with E-state index in [-0.39, 0.29) is 11.9 Å². The normalized spacial score (nSPS) is 16.1. The number of ether oxygens (including phenoxy) is 2. The molecule has 1 aliphatic heterocycles. The van der Waals surface area contributed by atoms with E-state index in [0.29, 0.717) is 39.2 Å². The number of carboxylic acid groups (broad SMARTS) is 1. The minimum absolute atomic E-state index is 0.202. The zero-order chi connectivity index (χ0) is 29.2. The number of benzene rings is 3. The number of methoxy groups -OCH3 is 2. The summed E-state index contributed by atoms with van der Waals surface area (Å²) in [6, 6.07) is 19.0. The van der Waals surface area contributed by atoms with Crippen molar-refractivity contribution in [2.45, 2.75) is 11.9 Å². The second-order valence-corrected chi connectivity index (χ2v) is 8.30. The molecule has 1 aliphatic rings. The molecule has 4 aromatic rings. The molecule has 0 radical (unpaired) electrons. The Morgan fingerprint density at radius 3 is 2.40 bits per heavy atom. The molecule has 1 aromatic heterocycles. The molecule has 40 heavy (non-hydrogen) atoms. The van der Waals surface area contributed by atoms with Gasteiger partial charge < -0.3 is 24.7 Å². The van der Waals surface area contributed by atoms with Gasteiger partial charge in [0.05, 0.1) is 30.9 Å². The molecule has 0 saturated heterocycles. The van der Waals surface area contributed by atoms with E-state index < -0.39 is 24.0 Å². The summed E-state index contributed by atoms with van der Waals surface area (Å²) >= 11 is 0. The van der Waals surface area contributed by atoms with Crippen molar-refractivity contribution in [2.24, 2.45) is 0 Å². The maximum atomic E-state index is 13.5. The van der Waals surface area contributed by atoms with Crippen LogP contribution < -0.4 is 15.0 Å². The Balaban J connectivity index is 0.000000470. The van der Waals surface area contributed by atoms with Gasteiger partial charge in [0.15, 0.2) is 5.72 Å². The second-order valence-electron chi connectivity index (χ2n) is 8.30. The third-order valence-electron chi connectivity index (χ3n) is 5.90. The van der Waals surface area contributed by atoms with Crippen LogP contribution in [0.5, 0.6) is 5.75 Å². The number of alkyl halides is 3. The van der Waals surface area contributed by atoms with Crippen LogP contribution in [0, 0.1) is 0 Å². The first kappa shape index (κ1) is 27.9. The van der Waals surface area contributed by atoms with Gasteiger partial charge in [0.1, 0.15) is 5.75 Å². The Kier molecular flexibility index (Phi) is 7.38. The van der Waals surface area contributed by atoms with Crippen molar-refractivity contribution in [1.29, 1.82) is 0 Å². The average molecular weight is 558 g/mol. The molecular weight excluding hydrogens is 537 g/mol. The third-order valence-corrected chi connectivity index (χ3v) is 5.90. The van der Waals surface area contributed by atoms with Crippen molar-refractivity contribution in [2.75, 3.05) is 24.4 Å². The quantitative estimate of drug-likeness (QED) is 0.290. The molecule has 0 bridgehead atoms. The van der Waals surface area contributed by atoms with Gasteiger partial charge >= 0.3 is 18.2 Å². The third kappa shape index (κ3) is 5.11. The van der Waals surface area contributed by atoms with Crippen LogP contribution in [0.4, 0.5) is 29.6 Å². The molecule has 2 amide bonds. The standard InChI is InChI=1S/C24H20N4O5.C2HF3O2/c1-32-16-7-5-6-15(13-16)28-21(29)17-8-3-4-9-18(17)24(28,31)14-10-11-19-20(12-14)26-22(25-19)27-23(30)33-2;3-2(4,5)1(6)7/h3-13,31H,1-2H3,(H2,25,26,27,30);(H,6,7). The number of hydrogen-bond acceptors (Lipinski definition) is 7. The minimum atomic E-state index is -5.08. The van der Waals surface area contributed by atoms with Gasteiger partial charge in [-0.15, -0.1) is 0 Å². The molecule has 1 atom stereocenters. The number of H-pyrrole nitrogens is 1. The van der Waals surface area contributed by atoms with E-state index in [1.807, 2.05) is 0 Å². The summed E-state index contributed by atoms with van der Waals surface area (Å²) in [5.41, 5.74) is 1.15. The number of hydrogen-bond donors (Lipinski definition) is 4. The van der Waals surface area contributed by atoms with Gasteiger partial charge in [-0.2, -0.15) is 13.2 Å². The smallest absolute Gasteiger partial charge is 0.490 e. The van der Waals surface area contributed by atoms with Crippen LogP contribution in [0.15, 0.2) is 66.7 Å². The Labute approximate surface area is 223 Å². The van der Waals surface area contributed by atoms with Crippen molar-refractivity contribution in [3.05, 3.63) is 83.4 Å². The molecule has 1 unspecified atom stereocenters. The SMILES string of the molecule is COC(=O)Nc1nc2ccc(C3(O)c4ccccc4C(=O)N3c3cccc(OC)c3)cc2[nH]1.O=C(O)C(F)(F)F. The van der Waals surface area contributed by atoms with Gasteiger partial charge in [-0.25, -0.2) is 14.6 Å². The van der Waals surface area contributed by atoms with Gasteiger partial charge in [-0.05, 0) is 30.3 Å². The number of carboxylic acids is 1. The lowest BCUT2D eigenvalue weighted by molar-refractivity contribution is -0.192. The summed E-state index contributed by atoms with van der Waals surface area (Å²) < 4.78 is 41.7. The molecule has 5 rings (SSSR count).